The third kappa shape index (κ3) is 12.6. The van der Waals surface area contributed by atoms with Crippen molar-refractivity contribution in [3.8, 4) is 17.6 Å². The molecule has 0 aliphatic rings. The summed E-state index contributed by atoms with van der Waals surface area (Å²) in [5, 5.41) is 1.08. The van der Waals surface area contributed by atoms with Gasteiger partial charge in [0.25, 0.3) is 0 Å². The lowest BCUT2D eigenvalue weighted by Gasteiger charge is -2.15. The van der Waals surface area contributed by atoms with Crippen LogP contribution in [0, 0.1) is 11.8 Å². The van der Waals surface area contributed by atoms with E-state index in [9.17, 15) is 4.79 Å². The van der Waals surface area contributed by atoms with Crippen molar-refractivity contribution >= 4 is 27.5 Å². The standard InChI is InChI=1S/C29H28N2O2S.3C2H6.H3N/c1-2-3-9-21-10-7-11-22(18-21)19-25(23-12-5-4-6-13-23)29-31-26-16-15-24(20-27(26)34-29)33-17-8-14-28(30)32;3*1-2;/h4-7,10-13,15-16,18,20,25H,2,8,14,17,19H2,1H3,(H2,30,32);3*1-2H3;1H3. The molecule has 0 spiro atoms. The molecule has 5 N–H and O–H groups in total. The van der Waals surface area contributed by atoms with Gasteiger partial charge in [-0.05, 0) is 54.3 Å². The van der Waals surface area contributed by atoms with Crippen LogP contribution in [-0.4, -0.2) is 17.5 Å². The van der Waals surface area contributed by atoms with Crippen LogP contribution in [0.3, 0.4) is 0 Å². The molecule has 1 amide bonds. The van der Waals surface area contributed by atoms with Gasteiger partial charge in [0, 0.05) is 24.3 Å². The topological polar surface area (TPSA) is 100 Å². The highest BCUT2D eigenvalue weighted by Gasteiger charge is 2.20. The highest BCUT2D eigenvalue weighted by molar-refractivity contribution is 7.18. The first kappa shape index (κ1) is 37.3. The van der Waals surface area contributed by atoms with Gasteiger partial charge in [0.05, 0.1) is 16.8 Å². The molecule has 0 saturated carbocycles. The number of thiazole rings is 1. The molecule has 1 unspecified atom stereocenters. The quantitative estimate of drug-likeness (QED) is 0.153. The molecule has 4 aromatic rings. The van der Waals surface area contributed by atoms with Crippen LogP contribution in [0.25, 0.3) is 10.2 Å². The summed E-state index contributed by atoms with van der Waals surface area (Å²) < 4.78 is 6.91. The van der Waals surface area contributed by atoms with Crippen LogP contribution < -0.4 is 16.6 Å². The summed E-state index contributed by atoms with van der Waals surface area (Å²) in [6, 6.07) is 25.0. The highest BCUT2D eigenvalue weighted by Crippen LogP contribution is 2.35. The van der Waals surface area contributed by atoms with Crippen molar-refractivity contribution in [1.82, 2.24) is 11.1 Å². The smallest absolute Gasteiger partial charge is 0.217 e. The van der Waals surface area contributed by atoms with Crippen molar-refractivity contribution < 1.29 is 9.53 Å². The van der Waals surface area contributed by atoms with E-state index in [4.69, 9.17) is 15.5 Å². The first-order chi connectivity index (χ1) is 19.6. The summed E-state index contributed by atoms with van der Waals surface area (Å²) in [6.07, 6.45) is 2.64. The minimum Gasteiger partial charge on any atom is -0.494 e. The number of ether oxygens (including phenoxy) is 1. The number of hydrogen-bond acceptors (Lipinski definition) is 5. The van der Waals surface area contributed by atoms with Crippen LogP contribution >= 0.6 is 11.3 Å². The number of amides is 1. The Morgan fingerprint density at radius 1 is 0.951 bits per heavy atom. The summed E-state index contributed by atoms with van der Waals surface area (Å²) in [6.45, 7) is 14.5. The monoisotopic (exact) mass is 575 g/mol. The van der Waals surface area contributed by atoms with E-state index in [0.717, 1.165) is 39.4 Å². The molecule has 1 heterocycles. The molecule has 3 aromatic carbocycles. The average Bonchev–Trinajstić information content (AvgIpc) is 3.44. The van der Waals surface area contributed by atoms with Gasteiger partial charge in [0.1, 0.15) is 10.8 Å². The molecule has 4 rings (SSSR count). The van der Waals surface area contributed by atoms with Gasteiger partial charge in [-0.2, -0.15) is 0 Å². The largest absolute Gasteiger partial charge is 0.494 e. The van der Waals surface area contributed by atoms with Gasteiger partial charge in [0.15, 0.2) is 0 Å². The van der Waals surface area contributed by atoms with Gasteiger partial charge in [-0.3, -0.25) is 4.79 Å². The first-order valence-electron chi connectivity index (χ1n) is 14.6. The third-order valence-corrected chi connectivity index (χ3v) is 6.62. The summed E-state index contributed by atoms with van der Waals surface area (Å²) >= 11 is 1.70. The highest BCUT2D eigenvalue weighted by atomic mass is 32.1. The van der Waals surface area contributed by atoms with E-state index in [-0.39, 0.29) is 18.0 Å². The molecule has 0 fully saturated rings. The second-order valence-electron chi connectivity index (χ2n) is 8.12. The Kier molecular flexibility index (Phi) is 20.1. The van der Waals surface area contributed by atoms with E-state index in [1.165, 1.54) is 11.1 Å². The molecule has 41 heavy (non-hydrogen) atoms. The fraction of sp³-hybridized carbons (Fsp3) is 0.371. The molecule has 5 nitrogen and oxygen atoms in total. The molecule has 0 radical (unpaired) electrons. The molecule has 0 saturated heterocycles. The number of primary amides is 1. The maximum Gasteiger partial charge on any atom is 0.217 e. The third-order valence-electron chi connectivity index (χ3n) is 5.49. The average molecular weight is 576 g/mol. The second-order valence-corrected chi connectivity index (χ2v) is 9.19. The van der Waals surface area contributed by atoms with Gasteiger partial charge in [-0.1, -0.05) is 103 Å². The maximum absolute atomic E-state index is 10.9. The summed E-state index contributed by atoms with van der Waals surface area (Å²) in [5.74, 6) is 7.02. The Labute approximate surface area is 252 Å². The van der Waals surface area contributed by atoms with Crippen LogP contribution in [0.15, 0.2) is 72.8 Å². The number of benzene rings is 3. The minimum atomic E-state index is -0.305. The lowest BCUT2D eigenvalue weighted by Crippen LogP contribution is -2.11. The van der Waals surface area contributed by atoms with Crippen molar-refractivity contribution in [3.05, 3.63) is 94.5 Å². The van der Waals surface area contributed by atoms with Crippen molar-refractivity contribution in [2.24, 2.45) is 5.73 Å². The van der Waals surface area contributed by atoms with Gasteiger partial charge in [-0.15, -0.1) is 11.3 Å². The fourth-order valence-corrected chi connectivity index (χ4v) is 4.96. The van der Waals surface area contributed by atoms with Gasteiger partial charge in [-0.25, -0.2) is 4.98 Å². The van der Waals surface area contributed by atoms with E-state index < -0.39 is 0 Å². The Morgan fingerprint density at radius 3 is 2.32 bits per heavy atom. The number of fused-ring (bicyclic) bond motifs is 1. The first-order valence-corrected chi connectivity index (χ1v) is 15.4. The molecular formula is C35H49N3O2S. The molecular weight excluding hydrogens is 526 g/mol. The van der Waals surface area contributed by atoms with Crippen LogP contribution in [-0.2, 0) is 11.2 Å². The summed E-state index contributed by atoms with van der Waals surface area (Å²) in [5.41, 5.74) is 9.71. The molecule has 1 atom stereocenters. The molecule has 222 valence electrons. The van der Waals surface area contributed by atoms with E-state index in [0.29, 0.717) is 19.4 Å². The predicted molar refractivity (Wildman–Crippen MR) is 178 cm³/mol. The zero-order chi connectivity index (χ0) is 29.8. The number of aromatic nitrogens is 1. The number of rotatable bonds is 9. The normalized spacial score (nSPS) is 10.0. The van der Waals surface area contributed by atoms with E-state index in [2.05, 4.69) is 67.3 Å². The minimum absolute atomic E-state index is 0. The Balaban J connectivity index is 0.00000215. The summed E-state index contributed by atoms with van der Waals surface area (Å²) in [7, 11) is 0. The van der Waals surface area contributed by atoms with Crippen LogP contribution in [0.5, 0.6) is 5.75 Å². The molecule has 1 aromatic heterocycles. The number of nitrogens with two attached hydrogens (primary N) is 1. The zero-order valence-corrected chi connectivity index (χ0v) is 26.8. The van der Waals surface area contributed by atoms with Gasteiger partial charge in [0.2, 0.25) is 5.91 Å². The Hall–Kier alpha value is -3.66. The fourth-order valence-electron chi connectivity index (χ4n) is 3.83. The summed E-state index contributed by atoms with van der Waals surface area (Å²) in [4.78, 5) is 15.9. The van der Waals surface area contributed by atoms with Gasteiger partial charge < -0.3 is 16.6 Å². The SMILES string of the molecule is CC.CC.CC.CCC#Cc1cccc(CC(c2ccccc2)c2nc3ccc(OCCCC(N)=O)cc3s2)c1.N. The number of nitrogens with zero attached hydrogens (tertiary/aromatic N) is 1. The Bertz CT molecular complexity index is 1320. The second kappa shape index (κ2) is 22.1. The lowest BCUT2D eigenvalue weighted by molar-refractivity contribution is -0.118. The van der Waals surface area contributed by atoms with Crippen molar-refractivity contribution in [2.45, 2.75) is 80.1 Å². The predicted octanol–water partition coefficient (Wildman–Crippen LogP) is 9.32. The van der Waals surface area contributed by atoms with Crippen molar-refractivity contribution in [2.75, 3.05) is 6.61 Å². The zero-order valence-electron chi connectivity index (χ0n) is 26.0. The Morgan fingerprint density at radius 2 is 1.66 bits per heavy atom. The molecule has 0 aliphatic heterocycles. The van der Waals surface area contributed by atoms with Gasteiger partial charge >= 0.3 is 0 Å². The van der Waals surface area contributed by atoms with E-state index in [1.54, 1.807) is 11.3 Å². The van der Waals surface area contributed by atoms with E-state index in [1.807, 2.05) is 65.8 Å². The number of carbonyl (C=O) groups is 1. The molecule has 0 bridgehead atoms. The molecule has 6 heteroatoms. The van der Waals surface area contributed by atoms with Crippen molar-refractivity contribution in [3.63, 3.8) is 0 Å². The van der Waals surface area contributed by atoms with Crippen LogP contribution in [0.1, 0.15) is 95.3 Å². The van der Waals surface area contributed by atoms with Crippen molar-refractivity contribution in [1.29, 1.82) is 0 Å². The molecule has 0 aliphatic carbocycles. The lowest BCUT2D eigenvalue weighted by atomic mass is 9.92. The van der Waals surface area contributed by atoms with Crippen LogP contribution in [0.4, 0.5) is 0 Å². The van der Waals surface area contributed by atoms with Crippen LogP contribution in [0.2, 0.25) is 0 Å². The number of hydrogen-bond donors (Lipinski definition) is 2. The maximum atomic E-state index is 10.9. The van der Waals surface area contributed by atoms with E-state index >= 15 is 0 Å². The number of carbonyl (C=O) groups excluding carboxylic acids is 1.